The van der Waals surface area contributed by atoms with Gasteiger partial charge in [-0.05, 0) is 24.3 Å². The van der Waals surface area contributed by atoms with Gasteiger partial charge in [-0.2, -0.15) is 0 Å². The Morgan fingerprint density at radius 3 is 2.75 bits per heavy atom. The number of esters is 1. The van der Waals surface area contributed by atoms with E-state index in [1.807, 2.05) is 12.1 Å². The highest BCUT2D eigenvalue weighted by Crippen LogP contribution is 2.29. The lowest BCUT2D eigenvalue weighted by Gasteiger charge is -2.09. The molecule has 4 nitrogen and oxygen atoms in total. The molecule has 0 aliphatic rings. The number of methoxy groups -OCH3 is 1. The van der Waals surface area contributed by atoms with Crippen LogP contribution in [0, 0.1) is 0 Å². The molecule has 0 bridgehead atoms. The van der Waals surface area contributed by atoms with Crippen molar-refractivity contribution in [1.82, 2.24) is 4.98 Å². The number of carbonyl (C=O) groups excluding carboxylic acids is 1. The Morgan fingerprint density at radius 2 is 2.10 bits per heavy atom. The molecule has 1 aromatic carbocycles. The van der Waals surface area contributed by atoms with Crippen molar-refractivity contribution in [3.8, 4) is 0 Å². The maximum absolute atomic E-state index is 11.3. The Labute approximate surface area is 126 Å². The van der Waals surface area contributed by atoms with Crippen molar-refractivity contribution >= 4 is 34.9 Å². The summed E-state index contributed by atoms with van der Waals surface area (Å²) in [6.45, 7) is 0.474. The normalized spacial score (nSPS) is 10.2. The zero-order chi connectivity index (χ0) is 14.5. The first-order valence-corrected chi connectivity index (χ1v) is 6.58. The molecule has 1 heterocycles. The summed E-state index contributed by atoms with van der Waals surface area (Å²) < 4.78 is 4.61. The van der Waals surface area contributed by atoms with Gasteiger partial charge < -0.3 is 10.1 Å². The Balaban J connectivity index is 2.04. The predicted molar refractivity (Wildman–Crippen MR) is 79.4 cm³/mol. The number of nitrogens with one attached hydrogen (secondary N) is 1. The number of nitrogens with zero attached hydrogens (tertiary/aromatic N) is 1. The van der Waals surface area contributed by atoms with E-state index in [1.165, 1.54) is 13.3 Å². The van der Waals surface area contributed by atoms with Crippen molar-refractivity contribution in [2.75, 3.05) is 12.4 Å². The molecule has 0 aliphatic heterocycles. The molecule has 0 radical (unpaired) electrons. The SMILES string of the molecule is COC(=O)c1ccc(CNc2cccc(Cl)c2Cl)nc1. The summed E-state index contributed by atoms with van der Waals surface area (Å²) in [6, 6.07) is 8.77. The van der Waals surface area contributed by atoms with Crippen LogP contribution in [0.2, 0.25) is 10.0 Å². The number of hydrogen-bond acceptors (Lipinski definition) is 4. The Hall–Kier alpha value is -1.78. The van der Waals surface area contributed by atoms with E-state index in [0.29, 0.717) is 22.2 Å². The van der Waals surface area contributed by atoms with E-state index in [-0.39, 0.29) is 0 Å². The quantitative estimate of drug-likeness (QED) is 0.873. The zero-order valence-electron chi connectivity index (χ0n) is 10.7. The summed E-state index contributed by atoms with van der Waals surface area (Å²) in [5.74, 6) is -0.408. The maximum Gasteiger partial charge on any atom is 0.339 e. The van der Waals surface area contributed by atoms with Crippen molar-refractivity contribution in [3.05, 3.63) is 57.8 Å². The number of carbonyl (C=O) groups is 1. The molecule has 0 amide bonds. The second-order valence-corrected chi connectivity index (χ2v) is 4.77. The van der Waals surface area contributed by atoms with E-state index in [9.17, 15) is 4.79 Å². The summed E-state index contributed by atoms with van der Waals surface area (Å²) in [4.78, 5) is 15.5. The first-order valence-electron chi connectivity index (χ1n) is 5.83. The van der Waals surface area contributed by atoms with Gasteiger partial charge in [0.2, 0.25) is 0 Å². The van der Waals surface area contributed by atoms with Crippen LogP contribution in [-0.4, -0.2) is 18.1 Å². The van der Waals surface area contributed by atoms with Crippen molar-refractivity contribution in [1.29, 1.82) is 0 Å². The summed E-state index contributed by atoms with van der Waals surface area (Å²) in [6.07, 6.45) is 1.47. The van der Waals surface area contributed by atoms with Gasteiger partial charge in [0.15, 0.2) is 0 Å². The van der Waals surface area contributed by atoms with E-state index in [0.717, 1.165) is 11.4 Å². The van der Waals surface area contributed by atoms with Crippen LogP contribution < -0.4 is 5.32 Å². The minimum atomic E-state index is -0.408. The average molecular weight is 311 g/mol. The molecular formula is C14H12Cl2N2O2. The molecule has 0 unspecified atom stereocenters. The molecule has 1 N–H and O–H groups in total. The third-order valence-corrected chi connectivity index (χ3v) is 3.48. The van der Waals surface area contributed by atoms with E-state index < -0.39 is 5.97 Å². The second-order valence-electron chi connectivity index (χ2n) is 3.98. The van der Waals surface area contributed by atoms with Crippen LogP contribution in [0.4, 0.5) is 5.69 Å². The van der Waals surface area contributed by atoms with Crippen LogP contribution in [0.1, 0.15) is 16.1 Å². The zero-order valence-corrected chi connectivity index (χ0v) is 12.2. The van der Waals surface area contributed by atoms with Gasteiger partial charge >= 0.3 is 5.97 Å². The molecule has 20 heavy (non-hydrogen) atoms. The van der Waals surface area contributed by atoms with Gasteiger partial charge in [-0.15, -0.1) is 0 Å². The van der Waals surface area contributed by atoms with Crippen LogP contribution in [0.3, 0.4) is 0 Å². The minimum absolute atomic E-state index is 0.408. The molecule has 0 aliphatic carbocycles. The van der Waals surface area contributed by atoms with Crippen molar-refractivity contribution in [3.63, 3.8) is 0 Å². The van der Waals surface area contributed by atoms with Crippen LogP contribution in [0.5, 0.6) is 0 Å². The van der Waals surface area contributed by atoms with E-state index >= 15 is 0 Å². The van der Waals surface area contributed by atoms with Crippen LogP contribution >= 0.6 is 23.2 Å². The molecule has 104 valence electrons. The molecule has 2 rings (SSSR count). The molecule has 6 heteroatoms. The van der Waals surface area contributed by atoms with Gasteiger partial charge in [-0.25, -0.2) is 4.79 Å². The molecule has 0 fully saturated rings. The fourth-order valence-electron chi connectivity index (χ4n) is 1.59. The van der Waals surface area contributed by atoms with Gasteiger partial charge in [0, 0.05) is 6.20 Å². The fourth-order valence-corrected chi connectivity index (χ4v) is 1.96. The molecule has 0 saturated heterocycles. The number of ether oxygens (including phenoxy) is 1. The summed E-state index contributed by atoms with van der Waals surface area (Å²) >= 11 is 12.0. The minimum Gasteiger partial charge on any atom is -0.465 e. The third-order valence-electron chi connectivity index (χ3n) is 2.66. The number of hydrogen-bond donors (Lipinski definition) is 1. The van der Waals surface area contributed by atoms with Crippen molar-refractivity contribution < 1.29 is 9.53 Å². The molecule has 0 atom stereocenters. The van der Waals surface area contributed by atoms with Crippen molar-refractivity contribution in [2.45, 2.75) is 6.54 Å². The molecule has 1 aromatic heterocycles. The van der Waals surface area contributed by atoms with Gasteiger partial charge in [0.25, 0.3) is 0 Å². The lowest BCUT2D eigenvalue weighted by molar-refractivity contribution is 0.0600. The molecule has 2 aromatic rings. The van der Waals surface area contributed by atoms with Crippen molar-refractivity contribution in [2.24, 2.45) is 0 Å². The topological polar surface area (TPSA) is 51.2 Å². The maximum atomic E-state index is 11.3. The smallest absolute Gasteiger partial charge is 0.339 e. The standard InChI is InChI=1S/C14H12Cl2N2O2/c1-20-14(19)9-5-6-10(17-7-9)8-18-12-4-2-3-11(15)13(12)16/h2-7,18H,8H2,1H3. The predicted octanol–water partition coefficient (Wildman–Crippen LogP) is 3.79. The van der Waals surface area contributed by atoms with Crippen LogP contribution in [-0.2, 0) is 11.3 Å². The number of anilines is 1. The first-order chi connectivity index (χ1) is 9.61. The number of pyridine rings is 1. The number of halogens is 2. The molecular weight excluding hydrogens is 299 g/mol. The fraction of sp³-hybridized carbons (Fsp3) is 0.143. The number of aromatic nitrogens is 1. The third kappa shape index (κ3) is 3.40. The van der Waals surface area contributed by atoms with Crippen LogP contribution in [0.15, 0.2) is 36.5 Å². The highest BCUT2D eigenvalue weighted by molar-refractivity contribution is 6.43. The summed E-state index contributed by atoms with van der Waals surface area (Å²) in [5, 5.41) is 4.10. The summed E-state index contributed by atoms with van der Waals surface area (Å²) in [7, 11) is 1.33. The lowest BCUT2D eigenvalue weighted by Crippen LogP contribution is -2.05. The number of rotatable bonds is 4. The molecule has 0 spiro atoms. The van der Waals surface area contributed by atoms with Crippen LogP contribution in [0.25, 0.3) is 0 Å². The van der Waals surface area contributed by atoms with E-state index in [2.05, 4.69) is 15.0 Å². The first kappa shape index (κ1) is 14.6. The highest BCUT2D eigenvalue weighted by atomic mass is 35.5. The van der Waals surface area contributed by atoms with Gasteiger partial charge in [-0.1, -0.05) is 29.3 Å². The average Bonchev–Trinajstić information content (AvgIpc) is 2.48. The van der Waals surface area contributed by atoms with Gasteiger partial charge in [0.1, 0.15) is 0 Å². The largest absolute Gasteiger partial charge is 0.465 e. The summed E-state index contributed by atoms with van der Waals surface area (Å²) in [5.41, 5.74) is 1.92. The second kappa shape index (κ2) is 6.59. The van der Waals surface area contributed by atoms with E-state index in [4.69, 9.17) is 23.2 Å². The van der Waals surface area contributed by atoms with E-state index in [1.54, 1.807) is 18.2 Å². The Bertz CT molecular complexity index is 615. The number of benzene rings is 1. The Kier molecular flexibility index (Phi) is 4.82. The Morgan fingerprint density at radius 1 is 1.30 bits per heavy atom. The lowest BCUT2D eigenvalue weighted by atomic mass is 10.2. The van der Waals surface area contributed by atoms with Gasteiger partial charge in [-0.3, -0.25) is 4.98 Å². The molecule has 0 saturated carbocycles. The highest BCUT2D eigenvalue weighted by Gasteiger charge is 2.07. The van der Waals surface area contributed by atoms with Gasteiger partial charge in [0.05, 0.1) is 40.6 Å². The monoisotopic (exact) mass is 310 g/mol.